The number of piperidine rings is 1. The predicted molar refractivity (Wildman–Crippen MR) is 107 cm³/mol. The average Bonchev–Trinajstić information content (AvgIpc) is 2.72. The van der Waals surface area contributed by atoms with Gasteiger partial charge in [-0.1, -0.05) is 19.3 Å². The molecule has 1 saturated heterocycles. The Morgan fingerprint density at radius 1 is 0.867 bits per heavy atom. The summed E-state index contributed by atoms with van der Waals surface area (Å²) >= 11 is 0. The maximum absolute atomic E-state index is 13.2. The Morgan fingerprint density at radius 2 is 1.43 bits per heavy atom. The fourth-order valence-corrected chi connectivity index (χ4v) is 3.99. The number of benzene rings is 1. The minimum absolute atomic E-state index is 0.00232. The van der Waals surface area contributed by atoms with E-state index in [2.05, 4.69) is 16.0 Å². The number of hydrogen-bond acceptors (Lipinski definition) is 3. The smallest absolute Gasteiger partial charge is 0.315 e. The molecule has 0 bridgehead atoms. The van der Waals surface area contributed by atoms with Crippen LogP contribution in [0.25, 0.3) is 0 Å². The van der Waals surface area contributed by atoms with E-state index in [1.165, 1.54) is 6.42 Å². The van der Waals surface area contributed by atoms with E-state index in [4.69, 9.17) is 0 Å². The van der Waals surface area contributed by atoms with Gasteiger partial charge in [0.2, 0.25) is 5.91 Å². The molecule has 164 valence electrons. The SMILES string of the molecule is O=C(NC1CCCCC1)NC1CCN(C(=O)CNC(=O)c2cc(F)cc(F)c2)CC1. The predicted octanol–water partition coefficient (Wildman–Crippen LogP) is 2.32. The summed E-state index contributed by atoms with van der Waals surface area (Å²) in [7, 11) is 0. The van der Waals surface area contributed by atoms with Crippen molar-refractivity contribution in [1.82, 2.24) is 20.9 Å². The van der Waals surface area contributed by atoms with E-state index in [0.29, 0.717) is 32.0 Å². The number of amides is 4. The fraction of sp³-hybridized carbons (Fsp3) is 0.571. The molecule has 0 atom stereocenters. The van der Waals surface area contributed by atoms with Crippen LogP contribution in [-0.4, -0.2) is 54.5 Å². The summed E-state index contributed by atoms with van der Waals surface area (Å²) in [5, 5.41) is 8.40. The molecule has 7 nitrogen and oxygen atoms in total. The number of urea groups is 1. The van der Waals surface area contributed by atoms with Gasteiger partial charge in [-0.2, -0.15) is 0 Å². The number of carbonyl (C=O) groups is 3. The van der Waals surface area contributed by atoms with Gasteiger partial charge >= 0.3 is 6.03 Å². The van der Waals surface area contributed by atoms with Crippen LogP contribution in [0.1, 0.15) is 55.3 Å². The van der Waals surface area contributed by atoms with Crippen LogP contribution >= 0.6 is 0 Å². The molecule has 0 spiro atoms. The Bertz CT molecular complexity index is 755. The van der Waals surface area contributed by atoms with Crippen molar-refractivity contribution in [2.75, 3.05) is 19.6 Å². The number of rotatable bonds is 5. The van der Waals surface area contributed by atoms with Crippen LogP contribution < -0.4 is 16.0 Å². The van der Waals surface area contributed by atoms with E-state index in [1.807, 2.05) is 0 Å². The van der Waals surface area contributed by atoms with Gasteiger partial charge in [0, 0.05) is 36.8 Å². The molecule has 2 fully saturated rings. The molecule has 0 unspecified atom stereocenters. The van der Waals surface area contributed by atoms with Crippen LogP contribution in [0.4, 0.5) is 13.6 Å². The number of hydrogen-bond donors (Lipinski definition) is 3. The maximum atomic E-state index is 13.2. The van der Waals surface area contributed by atoms with Crippen LogP contribution in [0.5, 0.6) is 0 Å². The largest absolute Gasteiger partial charge is 0.343 e. The topological polar surface area (TPSA) is 90.5 Å². The van der Waals surface area contributed by atoms with Crippen molar-refractivity contribution in [3.8, 4) is 0 Å². The number of halogens is 2. The van der Waals surface area contributed by atoms with E-state index >= 15 is 0 Å². The second-order valence-corrected chi connectivity index (χ2v) is 7.95. The first-order valence-electron chi connectivity index (χ1n) is 10.5. The molecule has 30 heavy (non-hydrogen) atoms. The van der Waals surface area contributed by atoms with Gasteiger partial charge < -0.3 is 20.9 Å². The van der Waals surface area contributed by atoms with E-state index in [-0.39, 0.29) is 36.1 Å². The first-order valence-corrected chi connectivity index (χ1v) is 10.5. The van der Waals surface area contributed by atoms with Crippen LogP contribution in [0, 0.1) is 11.6 Å². The number of carbonyl (C=O) groups excluding carboxylic acids is 3. The van der Waals surface area contributed by atoms with E-state index in [0.717, 1.165) is 37.8 Å². The molecule has 9 heteroatoms. The Hall–Kier alpha value is -2.71. The average molecular weight is 422 g/mol. The summed E-state index contributed by atoms with van der Waals surface area (Å²) in [5.41, 5.74) is -0.174. The van der Waals surface area contributed by atoms with Gasteiger partial charge in [-0.05, 0) is 37.8 Å². The highest BCUT2D eigenvalue weighted by atomic mass is 19.1. The van der Waals surface area contributed by atoms with E-state index in [9.17, 15) is 23.2 Å². The fourth-order valence-electron chi connectivity index (χ4n) is 3.99. The van der Waals surface area contributed by atoms with Gasteiger partial charge in [0.05, 0.1) is 6.54 Å². The summed E-state index contributed by atoms with van der Waals surface area (Å²) in [6.07, 6.45) is 6.83. The molecule has 4 amide bonds. The van der Waals surface area contributed by atoms with Crippen LogP contribution in [0.15, 0.2) is 18.2 Å². The monoisotopic (exact) mass is 422 g/mol. The second-order valence-electron chi connectivity index (χ2n) is 7.95. The van der Waals surface area contributed by atoms with Gasteiger partial charge in [0.15, 0.2) is 0 Å². The Labute approximate surface area is 174 Å². The number of nitrogens with one attached hydrogen (secondary N) is 3. The third-order valence-electron chi connectivity index (χ3n) is 5.65. The quantitative estimate of drug-likeness (QED) is 0.680. The van der Waals surface area contributed by atoms with Crippen LogP contribution in [0.3, 0.4) is 0 Å². The van der Waals surface area contributed by atoms with Gasteiger partial charge in [-0.3, -0.25) is 9.59 Å². The Balaban J connectivity index is 1.37. The summed E-state index contributed by atoms with van der Waals surface area (Å²) < 4.78 is 26.4. The summed E-state index contributed by atoms with van der Waals surface area (Å²) in [6.45, 7) is 0.687. The lowest BCUT2D eigenvalue weighted by atomic mass is 9.96. The minimum Gasteiger partial charge on any atom is -0.343 e. The van der Waals surface area contributed by atoms with Crippen molar-refractivity contribution in [3.05, 3.63) is 35.4 Å². The van der Waals surface area contributed by atoms with E-state index < -0.39 is 17.5 Å². The van der Waals surface area contributed by atoms with Gasteiger partial charge in [-0.15, -0.1) is 0 Å². The minimum atomic E-state index is -0.853. The molecule has 1 aromatic rings. The highest BCUT2D eigenvalue weighted by Gasteiger charge is 2.25. The van der Waals surface area contributed by atoms with Gasteiger partial charge in [-0.25, -0.2) is 13.6 Å². The lowest BCUT2D eigenvalue weighted by molar-refractivity contribution is -0.131. The molecule has 0 radical (unpaired) electrons. The summed E-state index contributed by atoms with van der Waals surface area (Å²) in [6, 6.07) is 2.60. The van der Waals surface area contributed by atoms with Crippen LogP contribution in [0.2, 0.25) is 0 Å². The van der Waals surface area contributed by atoms with Gasteiger partial charge in [0.25, 0.3) is 5.91 Å². The molecule has 3 rings (SSSR count). The third kappa shape index (κ3) is 6.40. The zero-order valence-electron chi connectivity index (χ0n) is 16.9. The molecule has 1 aliphatic heterocycles. The molecular weight excluding hydrogens is 394 g/mol. The standard InChI is InChI=1S/C21H28F2N4O3/c22-15-10-14(11-16(23)12-15)20(29)24-13-19(28)27-8-6-18(7-9-27)26-21(30)25-17-4-2-1-3-5-17/h10-12,17-18H,1-9,13H2,(H,24,29)(H2,25,26,30). The number of nitrogens with zero attached hydrogens (tertiary/aromatic N) is 1. The molecule has 1 heterocycles. The first kappa shape index (κ1) is 22.0. The molecule has 1 saturated carbocycles. The lowest BCUT2D eigenvalue weighted by Gasteiger charge is -2.33. The maximum Gasteiger partial charge on any atom is 0.315 e. The molecule has 1 aromatic carbocycles. The third-order valence-corrected chi connectivity index (χ3v) is 5.65. The van der Waals surface area contributed by atoms with Crippen molar-refractivity contribution in [1.29, 1.82) is 0 Å². The normalized spacial score (nSPS) is 18.0. The van der Waals surface area contributed by atoms with Crippen molar-refractivity contribution in [3.63, 3.8) is 0 Å². The molecule has 2 aliphatic rings. The van der Waals surface area contributed by atoms with Crippen molar-refractivity contribution >= 4 is 17.8 Å². The lowest BCUT2D eigenvalue weighted by Crippen LogP contribution is -2.52. The van der Waals surface area contributed by atoms with Gasteiger partial charge in [0.1, 0.15) is 11.6 Å². The Kier molecular flexibility index (Phi) is 7.59. The first-order chi connectivity index (χ1) is 14.4. The number of likely N-dealkylation sites (tertiary alicyclic amines) is 1. The van der Waals surface area contributed by atoms with Crippen LogP contribution in [-0.2, 0) is 4.79 Å². The van der Waals surface area contributed by atoms with Crippen molar-refractivity contribution in [2.24, 2.45) is 0 Å². The molecule has 1 aliphatic carbocycles. The Morgan fingerprint density at radius 3 is 2.03 bits per heavy atom. The van der Waals surface area contributed by atoms with Crippen molar-refractivity contribution in [2.45, 2.75) is 57.0 Å². The molecular formula is C21H28F2N4O3. The zero-order valence-corrected chi connectivity index (χ0v) is 16.9. The molecule has 3 N–H and O–H groups in total. The van der Waals surface area contributed by atoms with Crippen molar-refractivity contribution < 1.29 is 23.2 Å². The highest BCUT2D eigenvalue weighted by molar-refractivity contribution is 5.96. The summed E-state index contributed by atoms with van der Waals surface area (Å²) in [4.78, 5) is 38.1. The summed E-state index contributed by atoms with van der Waals surface area (Å²) in [5.74, 6) is -2.69. The molecule has 0 aromatic heterocycles. The highest BCUT2D eigenvalue weighted by Crippen LogP contribution is 2.17. The van der Waals surface area contributed by atoms with E-state index in [1.54, 1.807) is 4.90 Å². The second kappa shape index (κ2) is 10.4. The zero-order chi connectivity index (χ0) is 21.5.